The maximum atomic E-state index is 13.3. The Labute approximate surface area is 169 Å². The topological polar surface area (TPSA) is 54.7 Å². The van der Waals surface area contributed by atoms with Crippen molar-refractivity contribution in [2.75, 3.05) is 20.1 Å². The number of carbonyl (C=O) groups excluding carboxylic acids is 1. The van der Waals surface area contributed by atoms with Crippen molar-refractivity contribution in [2.45, 2.75) is 25.5 Å². The van der Waals surface area contributed by atoms with Crippen LogP contribution in [0, 0.1) is 0 Å². The molecule has 4 rings (SSSR count). The number of likely N-dealkylation sites (tertiary alicyclic amines) is 1. The number of benzene rings is 2. The fraction of sp³-hybridized carbons (Fsp3) is 0.318. The lowest BCUT2D eigenvalue weighted by atomic mass is 10.0. The third kappa shape index (κ3) is 3.73. The van der Waals surface area contributed by atoms with Gasteiger partial charge in [-0.25, -0.2) is 0 Å². The van der Waals surface area contributed by atoms with Crippen LogP contribution in [-0.4, -0.2) is 37.0 Å². The Morgan fingerprint density at radius 3 is 2.86 bits per heavy atom. The minimum absolute atomic E-state index is 0.0890. The molecule has 1 fully saturated rings. The number of hydrogen-bond acceptors (Lipinski definition) is 4. The minimum atomic E-state index is -0.0890. The number of halogens is 1. The molecule has 2 heterocycles. The summed E-state index contributed by atoms with van der Waals surface area (Å²) in [5.74, 6) is 0.847. The van der Waals surface area contributed by atoms with Crippen molar-refractivity contribution in [3.05, 3.63) is 64.9 Å². The van der Waals surface area contributed by atoms with Crippen LogP contribution in [0.3, 0.4) is 0 Å². The molecule has 6 heteroatoms. The summed E-state index contributed by atoms with van der Waals surface area (Å²) in [6, 6.07) is 15.3. The van der Waals surface area contributed by atoms with Crippen LogP contribution in [-0.2, 0) is 6.61 Å². The Morgan fingerprint density at radius 2 is 2.04 bits per heavy atom. The van der Waals surface area contributed by atoms with Gasteiger partial charge in [-0.1, -0.05) is 41.9 Å². The first-order chi connectivity index (χ1) is 13.7. The summed E-state index contributed by atoms with van der Waals surface area (Å²) < 4.78 is 11.9. The van der Waals surface area contributed by atoms with Crippen molar-refractivity contribution in [1.82, 2.24) is 10.2 Å². The molecule has 0 radical (unpaired) electrons. The van der Waals surface area contributed by atoms with Crippen LogP contribution in [0.1, 0.15) is 29.0 Å². The zero-order chi connectivity index (χ0) is 19.5. The van der Waals surface area contributed by atoms with E-state index in [-0.39, 0.29) is 12.5 Å². The number of para-hydroxylation sites is 2. The van der Waals surface area contributed by atoms with Gasteiger partial charge < -0.3 is 19.4 Å². The van der Waals surface area contributed by atoms with Gasteiger partial charge in [0.1, 0.15) is 17.9 Å². The van der Waals surface area contributed by atoms with Crippen LogP contribution >= 0.6 is 11.6 Å². The molecular weight excluding hydrogens is 376 g/mol. The average Bonchev–Trinajstić information content (AvgIpc) is 3.11. The number of fused-ring (bicyclic) bond motifs is 1. The number of hydrogen-bond donors (Lipinski definition) is 1. The zero-order valence-corrected chi connectivity index (χ0v) is 16.5. The SMILES string of the molecule is CNC1CCCN(C(=O)c2oc3ccccc3c2COc2ccccc2Cl)C1. The number of carbonyl (C=O) groups is 1. The molecule has 0 aliphatic carbocycles. The third-order valence-electron chi connectivity index (χ3n) is 5.22. The standard InChI is InChI=1S/C22H23ClN2O3/c1-24-15-7-6-12-25(13-15)22(26)21-17(16-8-2-4-10-19(16)28-21)14-27-20-11-5-3-9-18(20)23/h2-5,8-11,15,24H,6-7,12-14H2,1H3. The molecule has 28 heavy (non-hydrogen) atoms. The maximum absolute atomic E-state index is 13.3. The highest BCUT2D eigenvalue weighted by Gasteiger charge is 2.29. The fourth-order valence-corrected chi connectivity index (χ4v) is 3.86. The summed E-state index contributed by atoms with van der Waals surface area (Å²) in [4.78, 5) is 15.1. The molecule has 1 aliphatic heterocycles. The normalized spacial score (nSPS) is 17.1. The molecule has 0 saturated carbocycles. The highest BCUT2D eigenvalue weighted by Crippen LogP contribution is 2.30. The molecule has 0 bridgehead atoms. The number of nitrogens with one attached hydrogen (secondary N) is 1. The molecule has 1 saturated heterocycles. The van der Waals surface area contributed by atoms with E-state index in [9.17, 15) is 4.79 Å². The van der Waals surface area contributed by atoms with E-state index in [1.807, 2.05) is 54.4 Å². The molecule has 2 aromatic carbocycles. The monoisotopic (exact) mass is 398 g/mol. The van der Waals surface area contributed by atoms with Gasteiger partial charge in [-0.2, -0.15) is 0 Å². The predicted octanol–water partition coefficient (Wildman–Crippen LogP) is 4.49. The number of nitrogens with zero attached hydrogens (tertiary/aromatic N) is 1. The number of furan rings is 1. The molecule has 1 aliphatic rings. The average molecular weight is 399 g/mol. The van der Waals surface area contributed by atoms with Crippen LogP contribution in [0.2, 0.25) is 5.02 Å². The molecule has 1 amide bonds. The molecule has 1 aromatic heterocycles. The van der Waals surface area contributed by atoms with Gasteiger partial charge in [-0.3, -0.25) is 4.79 Å². The van der Waals surface area contributed by atoms with Crippen molar-refractivity contribution < 1.29 is 13.9 Å². The number of amides is 1. The van der Waals surface area contributed by atoms with E-state index in [4.69, 9.17) is 20.8 Å². The molecule has 146 valence electrons. The van der Waals surface area contributed by atoms with Crippen LogP contribution in [0.4, 0.5) is 0 Å². The summed E-state index contributed by atoms with van der Waals surface area (Å²) >= 11 is 6.21. The number of rotatable bonds is 5. The molecule has 5 nitrogen and oxygen atoms in total. The van der Waals surface area contributed by atoms with Gasteiger partial charge in [0.05, 0.1) is 5.02 Å². The maximum Gasteiger partial charge on any atom is 0.290 e. The van der Waals surface area contributed by atoms with Crippen molar-refractivity contribution in [2.24, 2.45) is 0 Å². The second-order valence-corrected chi connectivity index (χ2v) is 7.41. The van der Waals surface area contributed by atoms with Gasteiger partial charge in [0.25, 0.3) is 5.91 Å². The van der Waals surface area contributed by atoms with Crippen LogP contribution in [0.15, 0.2) is 52.9 Å². The van der Waals surface area contributed by atoms with Crippen molar-refractivity contribution in [1.29, 1.82) is 0 Å². The second-order valence-electron chi connectivity index (χ2n) is 7.00. The van der Waals surface area contributed by atoms with E-state index in [1.54, 1.807) is 6.07 Å². The Morgan fingerprint density at radius 1 is 1.25 bits per heavy atom. The fourth-order valence-electron chi connectivity index (χ4n) is 3.67. The lowest BCUT2D eigenvalue weighted by Gasteiger charge is -2.32. The summed E-state index contributed by atoms with van der Waals surface area (Å²) in [6.07, 6.45) is 2.05. The first-order valence-corrected chi connectivity index (χ1v) is 9.89. The molecule has 1 N–H and O–H groups in total. The summed E-state index contributed by atoms with van der Waals surface area (Å²) in [5.41, 5.74) is 1.44. The first kappa shape index (κ1) is 18.8. The Balaban J connectivity index is 1.65. The van der Waals surface area contributed by atoms with Crippen molar-refractivity contribution in [3.8, 4) is 5.75 Å². The molecule has 1 atom stereocenters. The Hall–Kier alpha value is -2.50. The first-order valence-electron chi connectivity index (χ1n) is 9.51. The molecule has 1 unspecified atom stereocenters. The lowest BCUT2D eigenvalue weighted by molar-refractivity contribution is 0.0665. The summed E-state index contributed by atoms with van der Waals surface area (Å²) in [5, 5.41) is 4.70. The molecular formula is C22H23ClN2O3. The van der Waals surface area contributed by atoms with E-state index in [0.29, 0.717) is 34.7 Å². The van der Waals surface area contributed by atoms with Crippen molar-refractivity contribution >= 4 is 28.5 Å². The minimum Gasteiger partial charge on any atom is -0.487 e. The quantitative estimate of drug-likeness (QED) is 0.688. The van der Waals surface area contributed by atoms with Gasteiger partial charge in [-0.05, 0) is 38.1 Å². The zero-order valence-electron chi connectivity index (χ0n) is 15.8. The summed E-state index contributed by atoms with van der Waals surface area (Å²) in [6.45, 7) is 1.63. The third-order valence-corrected chi connectivity index (χ3v) is 5.53. The Kier molecular flexibility index (Phi) is 5.55. The van der Waals surface area contributed by atoms with Gasteiger partial charge in [0.15, 0.2) is 5.76 Å². The van der Waals surface area contributed by atoms with E-state index in [2.05, 4.69) is 5.32 Å². The summed E-state index contributed by atoms with van der Waals surface area (Å²) in [7, 11) is 1.93. The largest absolute Gasteiger partial charge is 0.487 e. The van der Waals surface area contributed by atoms with E-state index in [0.717, 1.165) is 30.3 Å². The smallest absolute Gasteiger partial charge is 0.290 e. The van der Waals surface area contributed by atoms with Crippen molar-refractivity contribution in [3.63, 3.8) is 0 Å². The lowest BCUT2D eigenvalue weighted by Crippen LogP contribution is -2.47. The number of ether oxygens (including phenoxy) is 1. The van der Waals surface area contributed by atoms with Crippen LogP contribution < -0.4 is 10.1 Å². The molecule has 0 spiro atoms. The van der Waals surface area contributed by atoms with E-state index < -0.39 is 0 Å². The predicted molar refractivity (Wildman–Crippen MR) is 110 cm³/mol. The van der Waals surface area contributed by atoms with Crippen LogP contribution in [0.5, 0.6) is 5.75 Å². The van der Waals surface area contributed by atoms with E-state index in [1.165, 1.54) is 0 Å². The highest BCUT2D eigenvalue weighted by atomic mass is 35.5. The van der Waals surface area contributed by atoms with Gasteiger partial charge in [0.2, 0.25) is 0 Å². The van der Waals surface area contributed by atoms with E-state index >= 15 is 0 Å². The van der Waals surface area contributed by atoms with Gasteiger partial charge in [-0.15, -0.1) is 0 Å². The number of likely N-dealkylation sites (N-methyl/N-ethyl adjacent to an activating group) is 1. The Bertz CT molecular complexity index is 985. The number of piperidine rings is 1. The molecule has 3 aromatic rings. The highest BCUT2D eigenvalue weighted by molar-refractivity contribution is 6.32. The second kappa shape index (κ2) is 8.25. The van der Waals surface area contributed by atoms with Gasteiger partial charge in [0, 0.05) is 30.1 Å². The van der Waals surface area contributed by atoms with Crippen LogP contribution in [0.25, 0.3) is 11.0 Å². The van der Waals surface area contributed by atoms with Gasteiger partial charge >= 0.3 is 0 Å².